The van der Waals surface area contributed by atoms with Gasteiger partial charge in [0.2, 0.25) is 5.88 Å². The molecule has 7 heteroatoms. The molecule has 1 atom stereocenters. The summed E-state index contributed by atoms with van der Waals surface area (Å²) in [5.41, 5.74) is 0.866. The van der Waals surface area contributed by atoms with Crippen molar-refractivity contribution in [1.82, 2.24) is 15.6 Å². The minimum Gasteiger partial charge on any atom is -0.493 e. The first-order valence-electron chi connectivity index (χ1n) is 8.40. The zero-order valence-electron chi connectivity index (χ0n) is 15.7. The molecule has 140 valence electrons. The van der Waals surface area contributed by atoms with E-state index in [1.807, 2.05) is 49.4 Å². The lowest BCUT2D eigenvalue weighted by molar-refractivity contribution is 0.213. The molecule has 2 N–H and O–H groups in total. The lowest BCUT2D eigenvalue weighted by Gasteiger charge is -2.19. The molecule has 0 bridgehead atoms. The highest BCUT2D eigenvalue weighted by atomic mass is 16.5. The maximum Gasteiger partial charge on any atom is 0.213 e. The van der Waals surface area contributed by atoms with Crippen LogP contribution in [0.25, 0.3) is 0 Å². The van der Waals surface area contributed by atoms with Gasteiger partial charge in [0.15, 0.2) is 17.5 Å². The fourth-order valence-electron chi connectivity index (χ4n) is 2.28. The van der Waals surface area contributed by atoms with Crippen LogP contribution in [0, 0.1) is 0 Å². The second kappa shape index (κ2) is 10.1. The predicted octanol–water partition coefficient (Wildman–Crippen LogP) is 2.23. The monoisotopic (exact) mass is 358 g/mol. The fraction of sp³-hybridized carbons (Fsp3) is 0.368. The van der Waals surface area contributed by atoms with Gasteiger partial charge in [-0.05, 0) is 25.1 Å². The highest BCUT2D eigenvalue weighted by Crippen LogP contribution is 2.26. The van der Waals surface area contributed by atoms with Crippen molar-refractivity contribution < 1.29 is 14.2 Å². The van der Waals surface area contributed by atoms with E-state index in [9.17, 15) is 0 Å². The Hall–Kier alpha value is -2.96. The Bertz CT molecular complexity index is 721. The molecule has 7 nitrogen and oxygen atoms in total. The quantitative estimate of drug-likeness (QED) is 0.557. The number of methoxy groups -OCH3 is 2. The third kappa shape index (κ3) is 5.84. The molecule has 0 spiro atoms. The van der Waals surface area contributed by atoms with E-state index in [1.165, 1.54) is 0 Å². The lowest BCUT2D eigenvalue weighted by atomic mass is 10.3. The maximum absolute atomic E-state index is 5.93. The zero-order chi connectivity index (χ0) is 18.8. The Labute approximate surface area is 154 Å². The normalized spacial score (nSPS) is 12.2. The largest absolute Gasteiger partial charge is 0.493 e. The minimum absolute atomic E-state index is 0.0696. The summed E-state index contributed by atoms with van der Waals surface area (Å²) in [5, 5.41) is 6.46. The summed E-state index contributed by atoms with van der Waals surface area (Å²) in [4.78, 5) is 8.58. The van der Waals surface area contributed by atoms with E-state index in [1.54, 1.807) is 21.3 Å². The van der Waals surface area contributed by atoms with Crippen LogP contribution in [0.5, 0.6) is 17.4 Å². The standard InChI is InChI=1S/C19H26N4O3/c1-14(26-17-10-6-5-9-16(17)24-3)12-21-19(20-2)22-13-15-8-7-11-18(23-15)25-4/h5-11,14H,12-13H2,1-4H3,(H2,20,21,22). The van der Waals surface area contributed by atoms with E-state index < -0.39 is 0 Å². The first-order valence-corrected chi connectivity index (χ1v) is 8.40. The van der Waals surface area contributed by atoms with Gasteiger partial charge < -0.3 is 24.8 Å². The Balaban J connectivity index is 1.82. The Kier molecular flexibility index (Phi) is 7.54. The summed E-state index contributed by atoms with van der Waals surface area (Å²) < 4.78 is 16.4. The van der Waals surface area contributed by atoms with Gasteiger partial charge in [-0.25, -0.2) is 4.98 Å². The first-order chi connectivity index (χ1) is 12.7. The fourth-order valence-corrected chi connectivity index (χ4v) is 2.28. The van der Waals surface area contributed by atoms with E-state index in [4.69, 9.17) is 14.2 Å². The molecule has 0 fully saturated rings. The van der Waals surface area contributed by atoms with Gasteiger partial charge in [0.1, 0.15) is 6.10 Å². The van der Waals surface area contributed by atoms with Gasteiger partial charge in [-0.2, -0.15) is 0 Å². The van der Waals surface area contributed by atoms with Gasteiger partial charge in [0.05, 0.1) is 33.0 Å². The maximum atomic E-state index is 5.93. The van der Waals surface area contributed by atoms with Crippen molar-refractivity contribution in [3.63, 3.8) is 0 Å². The summed E-state index contributed by atoms with van der Waals surface area (Å²) >= 11 is 0. The lowest BCUT2D eigenvalue weighted by Crippen LogP contribution is -2.41. The van der Waals surface area contributed by atoms with Crippen LogP contribution < -0.4 is 24.8 Å². The van der Waals surface area contributed by atoms with Crippen LogP contribution in [0.15, 0.2) is 47.5 Å². The molecule has 0 saturated carbocycles. The molecule has 26 heavy (non-hydrogen) atoms. The number of nitrogens with one attached hydrogen (secondary N) is 2. The Morgan fingerprint density at radius 2 is 1.81 bits per heavy atom. The van der Waals surface area contributed by atoms with Crippen molar-refractivity contribution in [2.45, 2.75) is 19.6 Å². The van der Waals surface area contributed by atoms with Gasteiger partial charge in [-0.3, -0.25) is 4.99 Å². The van der Waals surface area contributed by atoms with Crippen molar-refractivity contribution in [2.75, 3.05) is 27.8 Å². The molecule has 0 amide bonds. The van der Waals surface area contributed by atoms with Gasteiger partial charge >= 0.3 is 0 Å². The van der Waals surface area contributed by atoms with Crippen LogP contribution in [0.3, 0.4) is 0 Å². The molecule has 0 radical (unpaired) electrons. The molecule has 1 aromatic carbocycles. The second-order valence-corrected chi connectivity index (χ2v) is 5.56. The van der Waals surface area contributed by atoms with Crippen LogP contribution in [0.2, 0.25) is 0 Å². The molecule has 0 saturated heterocycles. The molecule has 0 aliphatic rings. The van der Waals surface area contributed by atoms with E-state index in [-0.39, 0.29) is 6.10 Å². The average Bonchev–Trinajstić information content (AvgIpc) is 2.68. The molecule has 1 aromatic heterocycles. The van der Waals surface area contributed by atoms with Crippen molar-refractivity contribution in [3.8, 4) is 17.4 Å². The number of hydrogen-bond donors (Lipinski definition) is 2. The number of nitrogens with zero attached hydrogens (tertiary/aromatic N) is 2. The third-order valence-corrected chi connectivity index (χ3v) is 3.61. The number of pyridine rings is 1. The highest BCUT2D eigenvalue weighted by Gasteiger charge is 2.09. The Morgan fingerprint density at radius 3 is 2.50 bits per heavy atom. The van der Waals surface area contributed by atoms with Gasteiger partial charge in [0, 0.05) is 13.1 Å². The van der Waals surface area contributed by atoms with Crippen molar-refractivity contribution >= 4 is 5.96 Å². The number of rotatable bonds is 8. The second-order valence-electron chi connectivity index (χ2n) is 5.56. The van der Waals surface area contributed by atoms with Gasteiger partial charge in [-0.15, -0.1) is 0 Å². The number of para-hydroxylation sites is 2. The van der Waals surface area contributed by atoms with Crippen molar-refractivity contribution in [1.29, 1.82) is 0 Å². The molecule has 0 aliphatic heterocycles. The first kappa shape index (κ1) is 19.4. The molecular weight excluding hydrogens is 332 g/mol. The number of aromatic nitrogens is 1. The van der Waals surface area contributed by atoms with Crippen LogP contribution in [-0.4, -0.2) is 44.9 Å². The van der Waals surface area contributed by atoms with Crippen LogP contribution in [0.4, 0.5) is 0 Å². The summed E-state index contributed by atoms with van der Waals surface area (Å²) in [7, 11) is 4.95. The van der Waals surface area contributed by atoms with Gasteiger partial charge in [0.25, 0.3) is 0 Å². The Morgan fingerprint density at radius 1 is 1.04 bits per heavy atom. The predicted molar refractivity (Wildman–Crippen MR) is 102 cm³/mol. The topological polar surface area (TPSA) is 77.0 Å². The smallest absolute Gasteiger partial charge is 0.213 e. The number of hydrogen-bond acceptors (Lipinski definition) is 5. The average molecular weight is 358 g/mol. The summed E-state index contributed by atoms with van der Waals surface area (Å²) in [5.74, 6) is 2.69. The number of ether oxygens (including phenoxy) is 3. The summed E-state index contributed by atoms with van der Waals surface area (Å²) in [6.45, 7) is 3.11. The number of benzene rings is 1. The summed E-state index contributed by atoms with van der Waals surface area (Å²) in [6, 6.07) is 13.2. The molecule has 1 unspecified atom stereocenters. The van der Waals surface area contributed by atoms with Crippen LogP contribution in [-0.2, 0) is 6.54 Å². The number of guanidine groups is 1. The minimum atomic E-state index is -0.0696. The summed E-state index contributed by atoms with van der Waals surface area (Å²) in [6.07, 6.45) is -0.0696. The van der Waals surface area contributed by atoms with Crippen LogP contribution >= 0.6 is 0 Å². The van der Waals surface area contributed by atoms with E-state index in [2.05, 4.69) is 20.6 Å². The SMILES string of the molecule is CN=C(NCc1cccc(OC)n1)NCC(C)Oc1ccccc1OC. The van der Waals surface area contributed by atoms with Crippen LogP contribution in [0.1, 0.15) is 12.6 Å². The van der Waals surface area contributed by atoms with Gasteiger partial charge in [-0.1, -0.05) is 18.2 Å². The zero-order valence-corrected chi connectivity index (χ0v) is 15.7. The van der Waals surface area contributed by atoms with E-state index >= 15 is 0 Å². The molecular formula is C19H26N4O3. The van der Waals surface area contributed by atoms with Crippen molar-refractivity contribution in [3.05, 3.63) is 48.2 Å². The number of aliphatic imine (C=N–C) groups is 1. The highest BCUT2D eigenvalue weighted by molar-refractivity contribution is 5.79. The van der Waals surface area contributed by atoms with Crippen molar-refractivity contribution in [2.24, 2.45) is 4.99 Å². The third-order valence-electron chi connectivity index (χ3n) is 3.61. The molecule has 2 aromatic rings. The molecule has 2 rings (SSSR count). The molecule has 1 heterocycles. The molecule has 0 aliphatic carbocycles. The van der Waals surface area contributed by atoms with E-state index in [0.717, 1.165) is 5.69 Å². The van der Waals surface area contributed by atoms with E-state index in [0.29, 0.717) is 36.4 Å².